The summed E-state index contributed by atoms with van der Waals surface area (Å²) < 4.78 is 7.07. The van der Waals surface area contributed by atoms with Crippen molar-refractivity contribution in [2.45, 2.75) is 26.3 Å². The van der Waals surface area contributed by atoms with E-state index in [2.05, 4.69) is 22.9 Å². The van der Waals surface area contributed by atoms with Crippen LogP contribution in [0.1, 0.15) is 30.5 Å². The van der Waals surface area contributed by atoms with Gasteiger partial charge in [0.1, 0.15) is 11.5 Å². The highest BCUT2D eigenvalue weighted by atomic mass is 79.9. The molecule has 2 rings (SSSR count). The molecule has 3 heteroatoms. The third kappa shape index (κ3) is 3.37. The van der Waals surface area contributed by atoms with E-state index in [0.717, 1.165) is 33.5 Å². The summed E-state index contributed by atoms with van der Waals surface area (Å²) in [7, 11) is 0. The summed E-state index contributed by atoms with van der Waals surface area (Å²) in [5, 5.41) is 0. The van der Waals surface area contributed by atoms with Gasteiger partial charge in [-0.15, -0.1) is 0 Å². The second-order valence-electron chi connectivity index (χ2n) is 4.56. The normalized spacial score (nSPS) is 12.2. The van der Waals surface area contributed by atoms with Gasteiger partial charge < -0.3 is 10.5 Å². The predicted molar refractivity (Wildman–Crippen MR) is 82.6 cm³/mol. The Balaban J connectivity index is 2.33. The molecule has 0 radical (unpaired) electrons. The predicted octanol–water partition coefficient (Wildman–Crippen LogP) is 4.96. The monoisotopic (exact) mass is 319 g/mol. The first kappa shape index (κ1) is 14.1. The zero-order valence-corrected chi connectivity index (χ0v) is 12.8. The van der Waals surface area contributed by atoms with E-state index in [9.17, 15) is 0 Å². The van der Waals surface area contributed by atoms with E-state index in [4.69, 9.17) is 10.5 Å². The van der Waals surface area contributed by atoms with Crippen LogP contribution in [0.5, 0.6) is 11.5 Å². The van der Waals surface area contributed by atoms with Gasteiger partial charge in [0.05, 0.1) is 0 Å². The van der Waals surface area contributed by atoms with E-state index in [1.54, 1.807) is 0 Å². The van der Waals surface area contributed by atoms with Crippen LogP contribution in [0.25, 0.3) is 0 Å². The molecular formula is C16H18BrNO. The van der Waals surface area contributed by atoms with Crippen molar-refractivity contribution in [2.24, 2.45) is 5.73 Å². The smallest absolute Gasteiger partial charge is 0.132 e. The maximum Gasteiger partial charge on any atom is 0.132 e. The lowest BCUT2D eigenvalue weighted by atomic mass is 10.0. The molecule has 0 bridgehead atoms. The number of rotatable bonds is 4. The van der Waals surface area contributed by atoms with Crippen LogP contribution in [0, 0.1) is 6.92 Å². The van der Waals surface area contributed by atoms with E-state index < -0.39 is 0 Å². The van der Waals surface area contributed by atoms with Gasteiger partial charge in [-0.1, -0.05) is 41.1 Å². The Kier molecular flexibility index (Phi) is 4.61. The van der Waals surface area contributed by atoms with Crippen molar-refractivity contribution < 1.29 is 4.74 Å². The first-order valence-corrected chi connectivity index (χ1v) is 7.19. The highest BCUT2D eigenvalue weighted by Crippen LogP contribution is 2.32. The molecule has 100 valence electrons. The summed E-state index contributed by atoms with van der Waals surface area (Å²) >= 11 is 3.46. The van der Waals surface area contributed by atoms with Gasteiger partial charge in [0.2, 0.25) is 0 Å². The molecule has 2 N–H and O–H groups in total. The molecular weight excluding hydrogens is 302 g/mol. The number of hydrogen-bond acceptors (Lipinski definition) is 2. The van der Waals surface area contributed by atoms with Crippen molar-refractivity contribution >= 4 is 15.9 Å². The minimum Gasteiger partial charge on any atom is -0.457 e. The Morgan fingerprint density at radius 1 is 1.16 bits per heavy atom. The van der Waals surface area contributed by atoms with E-state index >= 15 is 0 Å². The quantitative estimate of drug-likeness (QED) is 0.864. The number of para-hydroxylation sites is 1. The molecule has 0 fully saturated rings. The van der Waals surface area contributed by atoms with Crippen LogP contribution in [-0.2, 0) is 0 Å². The lowest BCUT2D eigenvalue weighted by Gasteiger charge is -2.16. The Bertz CT molecular complexity index is 568. The fraction of sp³-hybridized carbons (Fsp3) is 0.250. The lowest BCUT2D eigenvalue weighted by Crippen LogP contribution is -2.09. The minimum atomic E-state index is 0.00644. The van der Waals surface area contributed by atoms with Crippen molar-refractivity contribution in [1.29, 1.82) is 0 Å². The Labute approximate surface area is 122 Å². The average molecular weight is 320 g/mol. The van der Waals surface area contributed by atoms with Crippen LogP contribution in [-0.4, -0.2) is 0 Å². The lowest BCUT2D eigenvalue weighted by molar-refractivity contribution is 0.465. The first-order chi connectivity index (χ1) is 9.11. The third-order valence-electron chi connectivity index (χ3n) is 3.12. The molecule has 0 aromatic heterocycles. The van der Waals surface area contributed by atoms with Gasteiger partial charge in [0.15, 0.2) is 0 Å². The van der Waals surface area contributed by atoms with Crippen molar-refractivity contribution in [3.05, 3.63) is 58.1 Å². The maximum absolute atomic E-state index is 6.12. The largest absolute Gasteiger partial charge is 0.457 e. The number of nitrogens with two attached hydrogens (primary N) is 1. The van der Waals surface area contributed by atoms with E-state index in [1.165, 1.54) is 0 Å². The zero-order valence-electron chi connectivity index (χ0n) is 11.2. The molecule has 0 saturated carbocycles. The first-order valence-electron chi connectivity index (χ1n) is 6.40. The SMILES string of the molecule is CC[C@@H](N)c1ccccc1Oc1ccc(Br)cc1C. The topological polar surface area (TPSA) is 35.2 Å². The second kappa shape index (κ2) is 6.22. The zero-order chi connectivity index (χ0) is 13.8. The molecule has 0 aliphatic rings. The number of benzene rings is 2. The summed E-state index contributed by atoms with van der Waals surface area (Å²) in [5.74, 6) is 1.70. The van der Waals surface area contributed by atoms with Crippen LogP contribution >= 0.6 is 15.9 Å². The van der Waals surface area contributed by atoms with Gasteiger partial charge >= 0.3 is 0 Å². The maximum atomic E-state index is 6.12. The van der Waals surface area contributed by atoms with Crippen molar-refractivity contribution in [3.63, 3.8) is 0 Å². The molecule has 0 aliphatic heterocycles. The number of halogens is 1. The van der Waals surface area contributed by atoms with Crippen molar-refractivity contribution in [3.8, 4) is 11.5 Å². The van der Waals surface area contributed by atoms with Crippen LogP contribution in [0.3, 0.4) is 0 Å². The molecule has 0 saturated heterocycles. The molecule has 0 spiro atoms. The third-order valence-corrected chi connectivity index (χ3v) is 3.61. The molecule has 19 heavy (non-hydrogen) atoms. The standard InChI is InChI=1S/C16H18BrNO/c1-3-14(18)13-6-4-5-7-16(13)19-15-9-8-12(17)10-11(15)2/h4-10,14H,3,18H2,1-2H3/t14-/m1/s1. The summed E-state index contributed by atoms with van der Waals surface area (Å²) in [6.45, 7) is 4.11. The highest BCUT2D eigenvalue weighted by molar-refractivity contribution is 9.10. The second-order valence-corrected chi connectivity index (χ2v) is 5.48. The molecule has 0 unspecified atom stereocenters. The van der Waals surface area contributed by atoms with Crippen LogP contribution < -0.4 is 10.5 Å². The molecule has 0 heterocycles. The molecule has 1 atom stereocenters. The molecule has 0 aliphatic carbocycles. The van der Waals surface area contributed by atoms with Crippen LogP contribution in [0.2, 0.25) is 0 Å². The van der Waals surface area contributed by atoms with Crippen LogP contribution in [0.15, 0.2) is 46.9 Å². The highest BCUT2D eigenvalue weighted by Gasteiger charge is 2.11. The number of aryl methyl sites for hydroxylation is 1. The Morgan fingerprint density at radius 2 is 1.89 bits per heavy atom. The summed E-state index contributed by atoms with van der Waals surface area (Å²) in [6, 6.07) is 13.9. The Hall–Kier alpha value is -1.32. The van der Waals surface area contributed by atoms with Gasteiger partial charge in [-0.25, -0.2) is 0 Å². The summed E-state index contributed by atoms with van der Waals surface area (Å²) in [6.07, 6.45) is 0.889. The van der Waals surface area contributed by atoms with Crippen molar-refractivity contribution in [1.82, 2.24) is 0 Å². The average Bonchev–Trinajstić information content (AvgIpc) is 2.41. The van der Waals surface area contributed by atoms with Crippen molar-refractivity contribution in [2.75, 3.05) is 0 Å². The van der Waals surface area contributed by atoms with E-state index in [1.807, 2.05) is 49.4 Å². The summed E-state index contributed by atoms with van der Waals surface area (Å²) in [4.78, 5) is 0. The van der Waals surface area contributed by atoms with Gasteiger partial charge in [-0.3, -0.25) is 0 Å². The minimum absolute atomic E-state index is 0.00644. The van der Waals surface area contributed by atoms with Gasteiger partial charge in [0, 0.05) is 16.1 Å². The number of hydrogen-bond donors (Lipinski definition) is 1. The van der Waals surface area contributed by atoms with Gasteiger partial charge in [-0.2, -0.15) is 0 Å². The Morgan fingerprint density at radius 3 is 2.58 bits per heavy atom. The van der Waals surface area contributed by atoms with Gasteiger partial charge in [-0.05, 0) is 43.2 Å². The molecule has 2 aromatic rings. The number of ether oxygens (including phenoxy) is 1. The fourth-order valence-electron chi connectivity index (χ4n) is 1.95. The molecule has 2 nitrogen and oxygen atoms in total. The van der Waals surface area contributed by atoms with Crippen LogP contribution in [0.4, 0.5) is 0 Å². The van der Waals surface area contributed by atoms with E-state index in [0.29, 0.717) is 0 Å². The summed E-state index contributed by atoms with van der Waals surface area (Å²) in [5.41, 5.74) is 8.26. The fourth-order valence-corrected chi connectivity index (χ4v) is 2.42. The molecule has 2 aromatic carbocycles. The van der Waals surface area contributed by atoms with E-state index in [-0.39, 0.29) is 6.04 Å². The molecule has 0 amide bonds. The van der Waals surface area contributed by atoms with Gasteiger partial charge in [0.25, 0.3) is 0 Å².